The lowest BCUT2D eigenvalue weighted by molar-refractivity contribution is -0.138. The summed E-state index contributed by atoms with van der Waals surface area (Å²) in [5, 5.41) is 15.6. The molecule has 0 aromatic heterocycles. The van der Waals surface area contributed by atoms with E-state index in [2.05, 4.69) is 0 Å². The maximum absolute atomic E-state index is 10.3. The molecular formula is C9H18N2O2. The summed E-state index contributed by atoms with van der Waals surface area (Å²) in [7, 11) is 0. The summed E-state index contributed by atoms with van der Waals surface area (Å²) >= 11 is 0. The number of nitrogens with one attached hydrogen (secondary N) is 1. The second kappa shape index (κ2) is 6.60. The average Bonchev–Trinajstić information content (AvgIpc) is 2.02. The second-order valence-corrected chi connectivity index (χ2v) is 3.32. The van der Waals surface area contributed by atoms with Gasteiger partial charge in [-0.2, -0.15) is 0 Å². The van der Waals surface area contributed by atoms with Gasteiger partial charge >= 0.3 is 5.97 Å². The molecule has 4 N–H and O–H groups in total. The van der Waals surface area contributed by atoms with Crippen LogP contribution in [0.4, 0.5) is 0 Å². The van der Waals surface area contributed by atoms with Gasteiger partial charge in [0, 0.05) is 5.71 Å². The van der Waals surface area contributed by atoms with Crippen LogP contribution in [0.15, 0.2) is 0 Å². The molecule has 0 heterocycles. The Bertz CT molecular complexity index is 180. The van der Waals surface area contributed by atoms with Crippen molar-refractivity contribution in [2.45, 2.75) is 45.1 Å². The first-order valence-corrected chi connectivity index (χ1v) is 4.56. The van der Waals surface area contributed by atoms with E-state index in [1.807, 2.05) is 0 Å². The number of nitrogens with two attached hydrogens (primary N) is 1. The van der Waals surface area contributed by atoms with Crippen LogP contribution in [-0.4, -0.2) is 22.8 Å². The van der Waals surface area contributed by atoms with Crippen LogP contribution in [0.25, 0.3) is 0 Å². The normalized spacial score (nSPS) is 12.5. The third kappa shape index (κ3) is 7.46. The molecule has 1 atom stereocenters. The molecule has 0 aromatic rings. The molecule has 0 amide bonds. The molecule has 0 aliphatic carbocycles. The van der Waals surface area contributed by atoms with Crippen molar-refractivity contribution in [3.63, 3.8) is 0 Å². The van der Waals surface area contributed by atoms with Gasteiger partial charge in [-0.05, 0) is 26.2 Å². The first-order chi connectivity index (χ1) is 6.04. The van der Waals surface area contributed by atoms with Gasteiger partial charge in [-0.15, -0.1) is 0 Å². The van der Waals surface area contributed by atoms with Gasteiger partial charge in [0.25, 0.3) is 0 Å². The Morgan fingerprint density at radius 1 is 1.46 bits per heavy atom. The third-order valence-corrected chi connectivity index (χ3v) is 1.88. The molecular weight excluding hydrogens is 168 g/mol. The van der Waals surface area contributed by atoms with Crippen molar-refractivity contribution in [3.8, 4) is 0 Å². The van der Waals surface area contributed by atoms with Gasteiger partial charge in [-0.25, -0.2) is 0 Å². The molecule has 4 nitrogen and oxygen atoms in total. The Morgan fingerprint density at radius 2 is 2.08 bits per heavy atom. The van der Waals surface area contributed by atoms with Crippen molar-refractivity contribution in [2.75, 3.05) is 0 Å². The van der Waals surface area contributed by atoms with Gasteiger partial charge in [0.2, 0.25) is 0 Å². The highest BCUT2D eigenvalue weighted by molar-refractivity contribution is 5.78. The summed E-state index contributed by atoms with van der Waals surface area (Å²) < 4.78 is 0. The van der Waals surface area contributed by atoms with E-state index in [-0.39, 0.29) is 0 Å². The zero-order valence-electron chi connectivity index (χ0n) is 8.05. The zero-order chi connectivity index (χ0) is 10.3. The fourth-order valence-corrected chi connectivity index (χ4v) is 1.05. The van der Waals surface area contributed by atoms with Crippen LogP contribution in [-0.2, 0) is 4.79 Å². The maximum atomic E-state index is 10.3. The Balaban J connectivity index is 3.26. The Hall–Kier alpha value is -0.900. The van der Waals surface area contributed by atoms with Crippen LogP contribution >= 0.6 is 0 Å². The van der Waals surface area contributed by atoms with Gasteiger partial charge in [-0.3, -0.25) is 4.79 Å². The molecule has 0 fully saturated rings. The Morgan fingerprint density at radius 3 is 2.54 bits per heavy atom. The van der Waals surface area contributed by atoms with Crippen molar-refractivity contribution in [2.24, 2.45) is 5.73 Å². The lowest BCUT2D eigenvalue weighted by Gasteiger charge is -2.05. The van der Waals surface area contributed by atoms with Gasteiger partial charge in [0.15, 0.2) is 0 Å². The highest BCUT2D eigenvalue weighted by Gasteiger charge is 2.09. The Labute approximate surface area is 78.6 Å². The topological polar surface area (TPSA) is 87.2 Å². The van der Waals surface area contributed by atoms with Gasteiger partial charge < -0.3 is 16.2 Å². The molecule has 0 saturated carbocycles. The van der Waals surface area contributed by atoms with Crippen molar-refractivity contribution < 1.29 is 9.90 Å². The van der Waals surface area contributed by atoms with E-state index >= 15 is 0 Å². The van der Waals surface area contributed by atoms with Crippen LogP contribution in [0.3, 0.4) is 0 Å². The predicted octanol–water partition coefficient (Wildman–Crippen LogP) is 1.39. The molecule has 1 unspecified atom stereocenters. The van der Waals surface area contributed by atoms with Crippen molar-refractivity contribution in [1.82, 2.24) is 0 Å². The lowest BCUT2D eigenvalue weighted by atomic mass is 10.1. The number of carboxylic acid groups (broad SMARTS) is 1. The number of unbranched alkanes of at least 4 members (excludes halogenated alkanes) is 2. The molecule has 13 heavy (non-hydrogen) atoms. The van der Waals surface area contributed by atoms with E-state index in [1.54, 1.807) is 6.92 Å². The number of rotatable bonds is 7. The quantitative estimate of drug-likeness (QED) is 0.414. The van der Waals surface area contributed by atoms with E-state index in [4.69, 9.17) is 16.2 Å². The van der Waals surface area contributed by atoms with Crippen LogP contribution in [0.5, 0.6) is 0 Å². The third-order valence-electron chi connectivity index (χ3n) is 1.88. The minimum absolute atomic E-state index is 0.534. The van der Waals surface area contributed by atoms with Crippen LogP contribution < -0.4 is 5.73 Å². The predicted molar refractivity (Wildman–Crippen MR) is 52.1 cm³/mol. The minimum Gasteiger partial charge on any atom is -0.480 e. The fraction of sp³-hybridized carbons (Fsp3) is 0.778. The number of aliphatic carboxylic acids is 1. The molecule has 0 rings (SSSR count). The van der Waals surface area contributed by atoms with Gasteiger partial charge in [-0.1, -0.05) is 12.8 Å². The number of hydrogen-bond donors (Lipinski definition) is 3. The number of carboxylic acids is 1. The first kappa shape index (κ1) is 12.1. The zero-order valence-corrected chi connectivity index (χ0v) is 8.05. The molecule has 0 aromatic carbocycles. The van der Waals surface area contributed by atoms with E-state index in [9.17, 15) is 4.79 Å². The van der Waals surface area contributed by atoms with Gasteiger partial charge in [0.1, 0.15) is 6.04 Å². The lowest BCUT2D eigenvalue weighted by Crippen LogP contribution is -2.29. The SMILES string of the molecule is CC(=N)CCCCCC(N)C(=O)O. The highest BCUT2D eigenvalue weighted by atomic mass is 16.4. The standard InChI is InChI=1S/C9H18N2O2/c1-7(10)5-3-2-4-6-8(11)9(12)13/h8,10H,2-6,11H2,1H3,(H,12,13). The van der Waals surface area contributed by atoms with Crippen LogP contribution in [0, 0.1) is 5.41 Å². The van der Waals surface area contributed by atoms with Crippen molar-refractivity contribution >= 4 is 11.7 Å². The van der Waals surface area contributed by atoms with E-state index in [1.165, 1.54) is 0 Å². The average molecular weight is 186 g/mol. The molecule has 76 valence electrons. The summed E-state index contributed by atoms with van der Waals surface area (Å²) in [5.41, 5.74) is 6.00. The maximum Gasteiger partial charge on any atom is 0.320 e. The summed E-state index contributed by atoms with van der Waals surface area (Å²) in [5.74, 6) is -0.928. The van der Waals surface area contributed by atoms with Crippen LogP contribution in [0.1, 0.15) is 39.0 Å². The summed E-state index contributed by atoms with van der Waals surface area (Å²) in [6.07, 6.45) is 4.09. The largest absolute Gasteiger partial charge is 0.480 e. The van der Waals surface area contributed by atoms with Crippen molar-refractivity contribution in [3.05, 3.63) is 0 Å². The molecule has 0 radical (unpaired) electrons. The molecule has 0 saturated heterocycles. The second-order valence-electron chi connectivity index (χ2n) is 3.32. The first-order valence-electron chi connectivity index (χ1n) is 4.56. The number of carbonyl (C=O) groups is 1. The molecule has 4 heteroatoms. The van der Waals surface area contributed by atoms with Gasteiger partial charge in [0.05, 0.1) is 0 Å². The number of hydrogen-bond acceptors (Lipinski definition) is 3. The monoisotopic (exact) mass is 186 g/mol. The van der Waals surface area contributed by atoms with Crippen molar-refractivity contribution in [1.29, 1.82) is 5.41 Å². The molecule has 0 bridgehead atoms. The summed E-state index contributed by atoms with van der Waals surface area (Å²) in [6, 6.07) is -0.721. The molecule has 0 spiro atoms. The van der Waals surface area contributed by atoms with E-state index in [0.29, 0.717) is 12.1 Å². The Kier molecular flexibility index (Phi) is 6.14. The fourth-order valence-electron chi connectivity index (χ4n) is 1.05. The van der Waals surface area contributed by atoms with E-state index < -0.39 is 12.0 Å². The molecule has 0 aliphatic heterocycles. The molecule has 0 aliphatic rings. The minimum atomic E-state index is -0.928. The smallest absolute Gasteiger partial charge is 0.320 e. The van der Waals surface area contributed by atoms with Crippen LogP contribution in [0.2, 0.25) is 0 Å². The highest BCUT2D eigenvalue weighted by Crippen LogP contribution is 2.05. The van der Waals surface area contributed by atoms with E-state index in [0.717, 1.165) is 25.7 Å². The summed E-state index contributed by atoms with van der Waals surface area (Å²) in [6.45, 7) is 1.78. The summed E-state index contributed by atoms with van der Waals surface area (Å²) in [4.78, 5) is 10.3.